The Morgan fingerprint density at radius 1 is 1.47 bits per heavy atom. The van der Waals surface area contributed by atoms with Gasteiger partial charge in [-0.15, -0.1) is 0 Å². The van der Waals surface area contributed by atoms with Gasteiger partial charge in [-0.2, -0.15) is 0 Å². The van der Waals surface area contributed by atoms with Crippen LogP contribution in [-0.4, -0.2) is 41.5 Å². The summed E-state index contributed by atoms with van der Waals surface area (Å²) in [5.41, 5.74) is 2.14. The van der Waals surface area contributed by atoms with Crippen LogP contribution in [0.4, 0.5) is 0 Å². The zero-order valence-corrected chi connectivity index (χ0v) is 13.0. The van der Waals surface area contributed by atoms with E-state index >= 15 is 0 Å². The van der Waals surface area contributed by atoms with Crippen LogP contribution in [0.2, 0.25) is 0 Å². The van der Waals surface area contributed by atoms with Crippen LogP contribution in [0.25, 0.3) is 0 Å². The van der Waals surface area contributed by atoms with E-state index in [1.807, 2.05) is 20.8 Å². The summed E-state index contributed by atoms with van der Waals surface area (Å²) in [6, 6.07) is 0. The molecule has 1 N–H and O–H groups in total. The van der Waals surface area contributed by atoms with Crippen LogP contribution >= 0.6 is 11.8 Å². The van der Waals surface area contributed by atoms with Crippen molar-refractivity contribution in [3.05, 3.63) is 11.4 Å². The molecule has 0 aromatic carbocycles. The molecule has 1 aromatic rings. The van der Waals surface area contributed by atoms with Crippen molar-refractivity contribution < 1.29 is 9.53 Å². The molecule has 0 bridgehead atoms. The van der Waals surface area contributed by atoms with Gasteiger partial charge in [0.25, 0.3) is 0 Å². The van der Waals surface area contributed by atoms with Crippen molar-refractivity contribution >= 4 is 17.7 Å². The van der Waals surface area contributed by atoms with Gasteiger partial charge in [-0.25, -0.2) is 4.98 Å². The molecule has 0 aliphatic carbocycles. The van der Waals surface area contributed by atoms with Crippen molar-refractivity contribution in [1.82, 2.24) is 14.9 Å². The highest BCUT2D eigenvalue weighted by Gasteiger charge is 2.12. The second kappa shape index (κ2) is 8.22. The first-order valence-corrected chi connectivity index (χ1v) is 7.50. The Morgan fingerprint density at radius 3 is 2.84 bits per heavy atom. The number of aromatic nitrogens is 2. The van der Waals surface area contributed by atoms with E-state index in [1.54, 1.807) is 7.11 Å². The summed E-state index contributed by atoms with van der Waals surface area (Å²) < 4.78 is 7.21. The second-order valence-electron chi connectivity index (χ2n) is 4.35. The summed E-state index contributed by atoms with van der Waals surface area (Å²) >= 11 is 1.48. The largest absolute Gasteiger partial charge is 0.383 e. The number of carbonyl (C=O) groups excluding carboxylic acids is 1. The number of nitrogens with one attached hydrogen (secondary N) is 1. The molecule has 1 aromatic heterocycles. The SMILES string of the molecule is CCCNC(=O)CSc1nc(C)c(C)n1CCOC. The molecule has 1 amide bonds. The first-order valence-electron chi connectivity index (χ1n) is 6.52. The van der Waals surface area contributed by atoms with Crippen LogP contribution in [0, 0.1) is 13.8 Å². The van der Waals surface area contributed by atoms with E-state index in [0.29, 0.717) is 12.4 Å². The number of aryl methyl sites for hydroxylation is 1. The fourth-order valence-corrected chi connectivity index (χ4v) is 2.57. The highest BCUT2D eigenvalue weighted by molar-refractivity contribution is 7.99. The van der Waals surface area contributed by atoms with E-state index in [1.165, 1.54) is 11.8 Å². The summed E-state index contributed by atoms with van der Waals surface area (Å²) in [6.45, 7) is 8.21. The molecule has 0 radical (unpaired) electrons. The zero-order chi connectivity index (χ0) is 14.3. The minimum Gasteiger partial charge on any atom is -0.383 e. The third kappa shape index (κ3) is 4.87. The van der Waals surface area contributed by atoms with Crippen LogP contribution in [0.15, 0.2) is 5.16 Å². The number of imidazole rings is 1. The minimum absolute atomic E-state index is 0.0587. The topological polar surface area (TPSA) is 56.2 Å². The van der Waals surface area contributed by atoms with Crippen LogP contribution in [0.5, 0.6) is 0 Å². The molecule has 1 rings (SSSR count). The molecule has 0 fully saturated rings. The van der Waals surface area contributed by atoms with E-state index in [-0.39, 0.29) is 5.91 Å². The van der Waals surface area contributed by atoms with Crippen molar-refractivity contribution in [3.8, 4) is 0 Å². The Morgan fingerprint density at radius 2 is 2.21 bits per heavy atom. The number of nitrogens with zero attached hydrogens (tertiary/aromatic N) is 2. The normalized spacial score (nSPS) is 10.7. The summed E-state index contributed by atoms with van der Waals surface area (Å²) in [6.07, 6.45) is 0.955. The number of rotatable bonds is 8. The quantitative estimate of drug-likeness (QED) is 0.740. The van der Waals surface area contributed by atoms with Gasteiger partial charge in [-0.05, 0) is 20.3 Å². The Labute approximate surface area is 119 Å². The van der Waals surface area contributed by atoms with Gasteiger partial charge in [0.05, 0.1) is 18.1 Å². The molecule has 5 nitrogen and oxygen atoms in total. The smallest absolute Gasteiger partial charge is 0.230 e. The predicted octanol–water partition coefficient (Wildman–Crippen LogP) is 1.76. The molecule has 19 heavy (non-hydrogen) atoms. The van der Waals surface area contributed by atoms with Gasteiger partial charge in [-0.3, -0.25) is 4.79 Å². The Balaban J connectivity index is 2.61. The van der Waals surface area contributed by atoms with Crippen molar-refractivity contribution in [1.29, 1.82) is 0 Å². The van der Waals surface area contributed by atoms with Gasteiger partial charge in [-0.1, -0.05) is 18.7 Å². The highest BCUT2D eigenvalue weighted by Crippen LogP contribution is 2.20. The maximum atomic E-state index is 11.6. The van der Waals surface area contributed by atoms with Gasteiger partial charge in [0.2, 0.25) is 5.91 Å². The fourth-order valence-electron chi connectivity index (χ4n) is 1.63. The van der Waals surface area contributed by atoms with Gasteiger partial charge in [0.15, 0.2) is 5.16 Å². The van der Waals surface area contributed by atoms with Gasteiger partial charge >= 0.3 is 0 Å². The van der Waals surface area contributed by atoms with E-state index in [0.717, 1.165) is 36.1 Å². The second-order valence-corrected chi connectivity index (χ2v) is 5.29. The molecule has 108 valence electrons. The molecule has 0 spiro atoms. The van der Waals surface area contributed by atoms with Crippen molar-refractivity contribution in [2.75, 3.05) is 26.0 Å². The number of hydrogen-bond donors (Lipinski definition) is 1. The summed E-state index contributed by atoms with van der Waals surface area (Å²) in [4.78, 5) is 16.1. The number of amides is 1. The highest BCUT2D eigenvalue weighted by atomic mass is 32.2. The van der Waals surface area contributed by atoms with Crippen molar-refractivity contribution in [2.45, 2.75) is 38.9 Å². The van der Waals surface area contributed by atoms with Crippen LogP contribution in [0.3, 0.4) is 0 Å². The van der Waals surface area contributed by atoms with Crippen LogP contribution in [-0.2, 0) is 16.1 Å². The molecular weight excluding hydrogens is 262 g/mol. The van der Waals surface area contributed by atoms with Crippen LogP contribution < -0.4 is 5.32 Å². The Bertz CT molecular complexity index is 418. The lowest BCUT2D eigenvalue weighted by Gasteiger charge is -2.09. The van der Waals surface area contributed by atoms with Crippen LogP contribution in [0.1, 0.15) is 24.7 Å². The Hall–Kier alpha value is -1.01. The van der Waals surface area contributed by atoms with Gasteiger partial charge in [0.1, 0.15) is 0 Å². The maximum Gasteiger partial charge on any atom is 0.230 e. The number of ether oxygens (including phenoxy) is 1. The van der Waals surface area contributed by atoms with E-state index in [4.69, 9.17) is 4.74 Å². The first-order chi connectivity index (χ1) is 9.10. The molecule has 0 unspecified atom stereocenters. The summed E-state index contributed by atoms with van der Waals surface area (Å²) in [5, 5.41) is 3.75. The monoisotopic (exact) mass is 285 g/mol. The van der Waals surface area contributed by atoms with E-state index < -0.39 is 0 Å². The first kappa shape index (κ1) is 16.0. The lowest BCUT2D eigenvalue weighted by molar-refractivity contribution is -0.118. The maximum absolute atomic E-state index is 11.6. The summed E-state index contributed by atoms with van der Waals surface area (Å²) in [7, 11) is 1.68. The Kier molecular flexibility index (Phi) is 6.94. The van der Waals surface area contributed by atoms with E-state index in [2.05, 4.69) is 14.9 Å². The minimum atomic E-state index is 0.0587. The summed E-state index contributed by atoms with van der Waals surface area (Å²) in [5.74, 6) is 0.464. The average Bonchev–Trinajstić information content (AvgIpc) is 2.67. The van der Waals surface area contributed by atoms with Crippen molar-refractivity contribution in [3.63, 3.8) is 0 Å². The standard InChI is InChI=1S/C13H23N3O2S/c1-5-6-14-12(17)9-19-13-15-10(2)11(3)16(13)7-8-18-4/h5-9H2,1-4H3,(H,14,17). The molecule has 6 heteroatoms. The molecule has 0 aliphatic heterocycles. The predicted molar refractivity (Wildman–Crippen MR) is 77.6 cm³/mol. The number of thioether (sulfide) groups is 1. The number of methoxy groups -OCH3 is 1. The fraction of sp³-hybridized carbons (Fsp3) is 0.692. The average molecular weight is 285 g/mol. The third-order valence-corrected chi connectivity index (χ3v) is 3.82. The molecule has 0 aliphatic rings. The van der Waals surface area contributed by atoms with Crippen molar-refractivity contribution in [2.24, 2.45) is 0 Å². The number of hydrogen-bond acceptors (Lipinski definition) is 4. The third-order valence-electron chi connectivity index (χ3n) is 2.85. The van der Waals surface area contributed by atoms with E-state index in [9.17, 15) is 4.79 Å². The molecule has 0 atom stereocenters. The molecule has 0 saturated heterocycles. The zero-order valence-electron chi connectivity index (χ0n) is 12.2. The lowest BCUT2D eigenvalue weighted by Crippen LogP contribution is -2.25. The molecule has 1 heterocycles. The molecule has 0 saturated carbocycles. The molecular formula is C13H23N3O2S. The number of carbonyl (C=O) groups is 1. The lowest BCUT2D eigenvalue weighted by atomic mass is 10.4. The van der Waals surface area contributed by atoms with Gasteiger partial charge in [0, 0.05) is 25.9 Å². The van der Waals surface area contributed by atoms with Gasteiger partial charge < -0.3 is 14.6 Å².